The van der Waals surface area contributed by atoms with Gasteiger partial charge in [-0.15, -0.1) is 0 Å². The highest BCUT2D eigenvalue weighted by Gasteiger charge is 2.34. The number of carbonyl (C=O) groups excluding carboxylic acids is 1. The summed E-state index contributed by atoms with van der Waals surface area (Å²) in [5.41, 5.74) is 0.364. The van der Waals surface area contributed by atoms with Crippen molar-refractivity contribution in [3.8, 4) is 0 Å². The second-order valence-corrected chi connectivity index (χ2v) is 8.52. The minimum atomic E-state index is -3.90. The van der Waals surface area contributed by atoms with Gasteiger partial charge < -0.3 is 4.52 Å². The largest absolute Gasteiger partial charge is 0.360 e. The Hall–Kier alpha value is -2.44. The summed E-state index contributed by atoms with van der Waals surface area (Å²) >= 11 is 6.03. The first-order valence-electron chi connectivity index (χ1n) is 8.07. The average Bonchev–Trinajstić information content (AvgIpc) is 3.38. The lowest BCUT2D eigenvalue weighted by atomic mass is 10.0. The molecule has 0 unspecified atom stereocenters. The van der Waals surface area contributed by atoms with Gasteiger partial charge in [-0.2, -0.15) is 0 Å². The van der Waals surface area contributed by atoms with Gasteiger partial charge in [0.25, 0.3) is 0 Å². The molecular weight excluding hydrogens is 374 g/mol. The van der Waals surface area contributed by atoms with Gasteiger partial charge in [0.05, 0.1) is 21.6 Å². The zero-order chi connectivity index (χ0) is 18.3. The van der Waals surface area contributed by atoms with Gasteiger partial charge in [0, 0.05) is 16.5 Å². The third kappa shape index (κ3) is 2.95. The lowest BCUT2D eigenvalue weighted by molar-refractivity contribution is 0.103. The molecule has 0 spiro atoms. The van der Waals surface area contributed by atoms with Gasteiger partial charge in [-0.1, -0.05) is 35.0 Å². The highest BCUT2D eigenvalue weighted by Crippen LogP contribution is 2.42. The predicted molar refractivity (Wildman–Crippen MR) is 95.3 cm³/mol. The van der Waals surface area contributed by atoms with Crippen LogP contribution in [0, 0.1) is 0 Å². The van der Waals surface area contributed by atoms with Crippen molar-refractivity contribution in [3.05, 3.63) is 76.6 Å². The zero-order valence-corrected chi connectivity index (χ0v) is 15.1. The summed E-state index contributed by atoms with van der Waals surface area (Å²) < 4.78 is 31.3. The lowest BCUT2D eigenvalue weighted by Crippen LogP contribution is -2.11. The first-order valence-corrected chi connectivity index (χ1v) is 9.93. The van der Waals surface area contributed by atoms with Crippen LogP contribution in [-0.4, -0.2) is 19.4 Å². The van der Waals surface area contributed by atoms with Gasteiger partial charge in [-0.05, 0) is 43.2 Å². The Balaban J connectivity index is 1.86. The summed E-state index contributed by atoms with van der Waals surface area (Å²) in [6.07, 6.45) is 3.22. The first kappa shape index (κ1) is 17.0. The molecule has 1 aromatic heterocycles. The Morgan fingerprint density at radius 3 is 2.50 bits per heavy atom. The van der Waals surface area contributed by atoms with Crippen molar-refractivity contribution in [3.63, 3.8) is 0 Å². The minimum Gasteiger partial charge on any atom is -0.360 e. The number of ketones is 1. The Morgan fingerprint density at radius 2 is 1.81 bits per heavy atom. The van der Waals surface area contributed by atoms with Crippen molar-refractivity contribution in [2.45, 2.75) is 28.6 Å². The van der Waals surface area contributed by atoms with Crippen LogP contribution in [-0.2, 0) is 9.84 Å². The number of halogens is 1. The van der Waals surface area contributed by atoms with E-state index in [1.807, 2.05) is 0 Å². The van der Waals surface area contributed by atoms with E-state index in [1.165, 1.54) is 36.5 Å². The van der Waals surface area contributed by atoms with Crippen LogP contribution in [0.1, 0.15) is 40.4 Å². The second kappa shape index (κ2) is 6.37. The van der Waals surface area contributed by atoms with Crippen LogP contribution in [0.15, 0.2) is 69.0 Å². The smallest absolute Gasteiger partial charge is 0.207 e. The van der Waals surface area contributed by atoms with Crippen LogP contribution in [0.2, 0.25) is 5.02 Å². The van der Waals surface area contributed by atoms with E-state index in [9.17, 15) is 13.2 Å². The number of sulfone groups is 1. The summed E-state index contributed by atoms with van der Waals surface area (Å²) in [4.78, 5) is 13.0. The summed E-state index contributed by atoms with van der Waals surface area (Å²) in [5.74, 6) is 0.269. The molecule has 1 fully saturated rings. The van der Waals surface area contributed by atoms with Crippen LogP contribution in [0.4, 0.5) is 0 Å². The molecule has 5 nitrogen and oxygen atoms in total. The highest BCUT2D eigenvalue weighted by atomic mass is 35.5. The summed E-state index contributed by atoms with van der Waals surface area (Å²) in [6, 6.07) is 12.2. The van der Waals surface area contributed by atoms with Crippen LogP contribution < -0.4 is 0 Å². The predicted octanol–water partition coefficient (Wildman–Crippen LogP) is 4.27. The Labute approximate surface area is 155 Å². The standard InChI is InChI=1S/C19H14ClNO4S/c20-13-8-9-15(18(22)16-11-21-25-19(16)12-6-7-12)17(10-13)26(23,24)14-4-2-1-3-5-14/h1-5,8-12H,6-7H2. The van der Waals surface area contributed by atoms with Crippen molar-refractivity contribution in [2.75, 3.05) is 0 Å². The molecule has 0 bridgehead atoms. The van der Waals surface area contributed by atoms with Gasteiger partial charge in [-0.25, -0.2) is 8.42 Å². The second-order valence-electron chi connectivity index (χ2n) is 6.16. The zero-order valence-electron chi connectivity index (χ0n) is 13.6. The van der Waals surface area contributed by atoms with Crippen LogP contribution >= 0.6 is 11.6 Å². The minimum absolute atomic E-state index is 0.0587. The molecule has 7 heteroatoms. The quantitative estimate of drug-likeness (QED) is 0.611. The first-order chi connectivity index (χ1) is 12.5. The molecule has 0 aliphatic heterocycles. The molecule has 1 heterocycles. The number of nitrogens with zero attached hydrogens (tertiary/aromatic N) is 1. The van der Waals surface area contributed by atoms with Crippen molar-refractivity contribution in [1.82, 2.24) is 5.16 Å². The fourth-order valence-corrected chi connectivity index (χ4v) is 4.58. The van der Waals surface area contributed by atoms with E-state index in [2.05, 4.69) is 5.16 Å². The van der Waals surface area contributed by atoms with E-state index >= 15 is 0 Å². The van der Waals surface area contributed by atoms with E-state index in [-0.39, 0.29) is 26.3 Å². The molecule has 26 heavy (non-hydrogen) atoms. The maximum absolute atomic E-state index is 13.1. The maximum atomic E-state index is 13.1. The molecule has 0 N–H and O–H groups in total. The van der Waals surface area contributed by atoms with E-state index in [1.54, 1.807) is 18.2 Å². The van der Waals surface area contributed by atoms with E-state index in [4.69, 9.17) is 16.1 Å². The number of hydrogen-bond donors (Lipinski definition) is 0. The van der Waals surface area contributed by atoms with Crippen molar-refractivity contribution in [2.24, 2.45) is 0 Å². The van der Waals surface area contributed by atoms with E-state index in [0.29, 0.717) is 11.3 Å². The summed E-state index contributed by atoms with van der Waals surface area (Å²) in [6.45, 7) is 0. The highest BCUT2D eigenvalue weighted by molar-refractivity contribution is 7.91. The van der Waals surface area contributed by atoms with Gasteiger partial charge in [-0.3, -0.25) is 4.79 Å². The summed E-state index contributed by atoms with van der Waals surface area (Å²) in [7, 11) is -3.90. The molecule has 0 amide bonds. The van der Waals surface area contributed by atoms with Crippen LogP contribution in [0.3, 0.4) is 0 Å². The molecule has 2 aromatic carbocycles. The molecule has 132 valence electrons. The van der Waals surface area contributed by atoms with Gasteiger partial charge in [0.2, 0.25) is 9.84 Å². The molecule has 1 aliphatic rings. The molecule has 1 aliphatic carbocycles. The third-order valence-corrected chi connectivity index (χ3v) is 6.37. The fourth-order valence-electron chi connectivity index (χ4n) is 2.84. The molecule has 3 aromatic rings. The number of aromatic nitrogens is 1. The Morgan fingerprint density at radius 1 is 1.08 bits per heavy atom. The normalized spacial score (nSPS) is 14.3. The molecule has 0 saturated heterocycles. The average molecular weight is 388 g/mol. The number of carbonyl (C=O) groups is 1. The van der Waals surface area contributed by atoms with Crippen molar-refractivity contribution < 1.29 is 17.7 Å². The van der Waals surface area contributed by atoms with Crippen LogP contribution in [0.25, 0.3) is 0 Å². The molecular formula is C19H14ClNO4S. The van der Waals surface area contributed by atoms with Crippen molar-refractivity contribution in [1.29, 1.82) is 0 Å². The Bertz CT molecular complexity index is 1090. The van der Waals surface area contributed by atoms with Gasteiger partial charge >= 0.3 is 0 Å². The molecule has 4 rings (SSSR count). The monoisotopic (exact) mass is 387 g/mol. The molecule has 1 saturated carbocycles. The van der Waals surface area contributed by atoms with Crippen LogP contribution in [0.5, 0.6) is 0 Å². The van der Waals surface area contributed by atoms with Crippen molar-refractivity contribution >= 4 is 27.2 Å². The Kier molecular flexibility index (Phi) is 4.17. The lowest BCUT2D eigenvalue weighted by Gasteiger charge is -2.10. The third-order valence-electron chi connectivity index (χ3n) is 4.32. The molecule has 0 atom stereocenters. The van der Waals surface area contributed by atoms with E-state index in [0.717, 1.165) is 12.8 Å². The SMILES string of the molecule is O=C(c1ccc(Cl)cc1S(=O)(=O)c1ccccc1)c1cnoc1C1CC1. The molecule has 0 radical (unpaired) electrons. The van der Waals surface area contributed by atoms with Gasteiger partial charge in [0.15, 0.2) is 11.5 Å². The van der Waals surface area contributed by atoms with E-state index < -0.39 is 15.6 Å². The summed E-state index contributed by atoms with van der Waals surface area (Å²) in [5, 5.41) is 3.97. The topological polar surface area (TPSA) is 77.2 Å². The number of hydrogen-bond acceptors (Lipinski definition) is 5. The fraction of sp³-hybridized carbons (Fsp3) is 0.158. The number of benzene rings is 2. The maximum Gasteiger partial charge on any atom is 0.207 e. The van der Waals surface area contributed by atoms with Gasteiger partial charge in [0.1, 0.15) is 0 Å². The number of rotatable bonds is 5.